The summed E-state index contributed by atoms with van der Waals surface area (Å²) in [6.45, 7) is 1.90. The van der Waals surface area contributed by atoms with Crippen molar-refractivity contribution in [2.75, 3.05) is 0 Å². The number of unbranched alkanes of at least 4 members (excludes halogenated alkanes) is 1. The molecule has 0 bridgehead atoms. The molecule has 0 saturated heterocycles. The molecule has 0 radical (unpaired) electrons. The van der Waals surface area contributed by atoms with Crippen molar-refractivity contribution in [2.24, 2.45) is 0 Å². The Labute approximate surface area is 131 Å². The van der Waals surface area contributed by atoms with Crippen molar-refractivity contribution < 1.29 is 19.5 Å². The van der Waals surface area contributed by atoms with Crippen LogP contribution in [-0.4, -0.2) is 33.8 Å². The van der Waals surface area contributed by atoms with Crippen LogP contribution < -0.4 is 0 Å². The third-order valence-corrected chi connectivity index (χ3v) is 4.11. The maximum atomic E-state index is 12.3. The Morgan fingerprint density at radius 1 is 1.19 bits per heavy atom. The van der Waals surface area contributed by atoms with Crippen LogP contribution in [0.15, 0.2) is 12.1 Å². The molecule has 1 aliphatic heterocycles. The van der Waals surface area contributed by atoms with Crippen LogP contribution >= 0.6 is 23.2 Å². The Morgan fingerprint density at radius 3 is 2.05 bits per heavy atom. The standard InChI is InChI=1S/C14H13Cl2NO4/c1-2-3-4-11(14(20)21)17-12(18)7-5-9(15)10(16)6-8(7)13(17)19/h5-6,11H,2-4H2,1H3,(H,20,21)/t11-/m0/s1. The Morgan fingerprint density at radius 2 is 1.67 bits per heavy atom. The number of halogens is 2. The highest BCUT2D eigenvalue weighted by Gasteiger charge is 2.43. The first-order chi connectivity index (χ1) is 9.88. The van der Waals surface area contributed by atoms with E-state index in [9.17, 15) is 19.5 Å². The molecule has 1 heterocycles. The van der Waals surface area contributed by atoms with Crippen LogP contribution in [0.2, 0.25) is 10.0 Å². The molecule has 2 rings (SSSR count). The van der Waals surface area contributed by atoms with Crippen molar-refractivity contribution in [2.45, 2.75) is 32.2 Å². The van der Waals surface area contributed by atoms with Crippen molar-refractivity contribution >= 4 is 41.0 Å². The molecule has 0 fully saturated rings. The molecule has 112 valence electrons. The number of carboxylic acids is 1. The highest BCUT2D eigenvalue weighted by Crippen LogP contribution is 2.33. The van der Waals surface area contributed by atoms with Gasteiger partial charge < -0.3 is 5.11 Å². The number of carbonyl (C=O) groups is 3. The molecule has 0 saturated carbocycles. The van der Waals surface area contributed by atoms with Gasteiger partial charge >= 0.3 is 5.97 Å². The van der Waals surface area contributed by atoms with Gasteiger partial charge in [-0.05, 0) is 18.6 Å². The Bertz CT molecular complexity index is 589. The van der Waals surface area contributed by atoms with Gasteiger partial charge in [0.2, 0.25) is 0 Å². The third kappa shape index (κ3) is 2.76. The van der Waals surface area contributed by atoms with Crippen LogP contribution in [0.4, 0.5) is 0 Å². The topological polar surface area (TPSA) is 74.7 Å². The number of nitrogens with zero attached hydrogens (tertiary/aromatic N) is 1. The quantitative estimate of drug-likeness (QED) is 0.841. The zero-order valence-electron chi connectivity index (χ0n) is 11.2. The first-order valence-corrected chi connectivity index (χ1v) is 7.23. The number of imide groups is 1. The maximum Gasteiger partial charge on any atom is 0.326 e. The van der Waals surface area contributed by atoms with Crippen LogP contribution in [0.3, 0.4) is 0 Å². The molecule has 1 N–H and O–H groups in total. The molecular weight excluding hydrogens is 317 g/mol. The van der Waals surface area contributed by atoms with Crippen molar-refractivity contribution in [1.29, 1.82) is 0 Å². The molecule has 0 spiro atoms. The lowest BCUT2D eigenvalue weighted by Gasteiger charge is -2.22. The van der Waals surface area contributed by atoms with Gasteiger partial charge in [-0.1, -0.05) is 43.0 Å². The van der Waals surface area contributed by atoms with Gasteiger partial charge in [0.1, 0.15) is 6.04 Å². The van der Waals surface area contributed by atoms with Gasteiger partial charge in [-0.25, -0.2) is 4.79 Å². The predicted octanol–water partition coefficient (Wildman–Crippen LogP) is 3.23. The average Bonchev–Trinajstić information content (AvgIpc) is 2.65. The maximum absolute atomic E-state index is 12.3. The number of fused-ring (bicyclic) bond motifs is 1. The van der Waals surface area contributed by atoms with E-state index in [-0.39, 0.29) is 27.6 Å². The van der Waals surface area contributed by atoms with E-state index in [4.69, 9.17) is 23.2 Å². The molecule has 1 aromatic rings. The number of hydrogen-bond donors (Lipinski definition) is 1. The minimum atomic E-state index is -1.20. The molecule has 0 aliphatic carbocycles. The molecular formula is C14H13Cl2NO4. The van der Waals surface area contributed by atoms with Gasteiger partial charge in [0.05, 0.1) is 21.2 Å². The third-order valence-electron chi connectivity index (χ3n) is 3.39. The van der Waals surface area contributed by atoms with E-state index < -0.39 is 23.8 Å². The molecule has 0 unspecified atom stereocenters. The fraction of sp³-hybridized carbons (Fsp3) is 0.357. The van der Waals surface area contributed by atoms with Crippen LogP contribution in [-0.2, 0) is 4.79 Å². The minimum Gasteiger partial charge on any atom is -0.480 e. The van der Waals surface area contributed by atoms with Gasteiger partial charge in [-0.15, -0.1) is 0 Å². The Hall–Kier alpha value is -1.59. The summed E-state index contributed by atoms with van der Waals surface area (Å²) in [5.41, 5.74) is 0.189. The number of rotatable bonds is 5. The van der Waals surface area contributed by atoms with Gasteiger partial charge in [-0.3, -0.25) is 14.5 Å². The number of amides is 2. The molecule has 5 nitrogen and oxygen atoms in total. The summed E-state index contributed by atoms with van der Waals surface area (Å²) in [4.78, 5) is 36.8. The van der Waals surface area contributed by atoms with E-state index in [1.54, 1.807) is 0 Å². The van der Waals surface area contributed by atoms with E-state index >= 15 is 0 Å². The smallest absolute Gasteiger partial charge is 0.326 e. The second kappa shape index (κ2) is 6.03. The zero-order valence-corrected chi connectivity index (χ0v) is 12.7. The average molecular weight is 330 g/mol. The normalized spacial score (nSPS) is 15.3. The summed E-state index contributed by atoms with van der Waals surface area (Å²) in [6.07, 6.45) is 1.59. The number of aliphatic carboxylic acids is 1. The number of benzene rings is 1. The fourth-order valence-corrected chi connectivity index (χ4v) is 2.62. The summed E-state index contributed by atoms with van der Waals surface area (Å²) < 4.78 is 0. The molecule has 0 aromatic heterocycles. The van der Waals surface area contributed by atoms with E-state index in [1.165, 1.54) is 12.1 Å². The van der Waals surface area contributed by atoms with Crippen LogP contribution in [0.25, 0.3) is 0 Å². The summed E-state index contributed by atoms with van der Waals surface area (Å²) in [7, 11) is 0. The number of carboxylic acid groups (broad SMARTS) is 1. The van der Waals surface area contributed by atoms with Crippen molar-refractivity contribution in [3.63, 3.8) is 0 Å². The second-order valence-electron chi connectivity index (χ2n) is 4.79. The molecule has 21 heavy (non-hydrogen) atoms. The van der Waals surface area contributed by atoms with E-state index in [0.717, 1.165) is 11.3 Å². The van der Waals surface area contributed by atoms with Gasteiger partial charge in [0.15, 0.2) is 0 Å². The van der Waals surface area contributed by atoms with Crippen LogP contribution in [0.1, 0.15) is 46.9 Å². The largest absolute Gasteiger partial charge is 0.480 e. The first-order valence-electron chi connectivity index (χ1n) is 6.48. The lowest BCUT2D eigenvalue weighted by atomic mass is 10.1. The summed E-state index contributed by atoms with van der Waals surface area (Å²) in [6, 6.07) is 1.44. The van der Waals surface area contributed by atoms with E-state index in [2.05, 4.69) is 0 Å². The molecule has 2 amide bonds. The molecule has 1 atom stereocenters. The van der Waals surface area contributed by atoms with E-state index in [0.29, 0.717) is 6.42 Å². The second-order valence-corrected chi connectivity index (χ2v) is 5.60. The first kappa shape index (κ1) is 15.8. The van der Waals surface area contributed by atoms with Gasteiger partial charge in [0.25, 0.3) is 11.8 Å². The number of carbonyl (C=O) groups excluding carboxylic acids is 2. The van der Waals surface area contributed by atoms with Gasteiger partial charge in [-0.2, -0.15) is 0 Å². The minimum absolute atomic E-state index is 0.0946. The highest BCUT2D eigenvalue weighted by molar-refractivity contribution is 6.43. The van der Waals surface area contributed by atoms with Crippen molar-refractivity contribution in [1.82, 2.24) is 4.90 Å². The van der Waals surface area contributed by atoms with Gasteiger partial charge in [0, 0.05) is 0 Å². The monoisotopic (exact) mass is 329 g/mol. The van der Waals surface area contributed by atoms with Crippen LogP contribution in [0, 0.1) is 0 Å². The van der Waals surface area contributed by atoms with E-state index in [1.807, 2.05) is 6.92 Å². The summed E-state index contributed by atoms with van der Waals surface area (Å²) in [5, 5.41) is 9.59. The molecule has 1 aliphatic rings. The lowest BCUT2D eigenvalue weighted by molar-refractivity contribution is -0.141. The van der Waals surface area contributed by atoms with Crippen molar-refractivity contribution in [3.05, 3.63) is 33.3 Å². The van der Waals surface area contributed by atoms with Crippen molar-refractivity contribution in [3.8, 4) is 0 Å². The lowest BCUT2D eigenvalue weighted by Crippen LogP contribution is -2.44. The Balaban J connectivity index is 2.42. The summed E-state index contributed by atoms with van der Waals surface area (Å²) in [5.74, 6) is -2.48. The molecule has 7 heteroatoms. The predicted molar refractivity (Wildman–Crippen MR) is 77.9 cm³/mol. The summed E-state index contributed by atoms with van der Waals surface area (Å²) >= 11 is 11.7. The Kier molecular flexibility index (Phi) is 4.54. The molecule has 1 aromatic carbocycles. The fourth-order valence-electron chi connectivity index (χ4n) is 2.30. The van der Waals surface area contributed by atoms with Crippen LogP contribution in [0.5, 0.6) is 0 Å². The highest BCUT2D eigenvalue weighted by atomic mass is 35.5. The number of hydrogen-bond acceptors (Lipinski definition) is 3. The zero-order chi connectivity index (χ0) is 15.7. The SMILES string of the molecule is CCCC[C@@H](C(=O)O)N1C(=O)c2cc(Cl)c(Cl)cc2C1=O.